The molecule has 1 aromatic rings. The lowest BCUT2D eigenvalue weighted by Gasteiger charge is -2.34. The van der Waals surface area contributed by atoms with Gasteiger partial charge in [0.2, 0.25) is 0 Å². The minimum Gasteiger partial charge on any atom is -0.486 e. The van der Waals surface area contributed by atoms with Crippen LogP contribution in [0, 0.1) is 0 Å². The van der Waals surface area contributed by atoms with Crippen LogP contribution >= 0.6 is 15.9 Å². The summed E-state index contributed by atoms with van der Waals surface area (Å²) in [5.74, 6) is 1.42. The Bertz CT molecular complexity index is 466. The van der Waals surface area contributed by atoms with Crippen molar-refractivity contribution in [3.05, 3.63) is 22.7 Å². The Morgan fingerprint density at radius 2 is 2.15 bits per heavy atom. The number of ether oxygens (including phenoxy) is 2. The van der Waals surface area contributed by atoms with Gasteiger partial charge in [0.25, 0.3) is 0 Å². The number of β-amino-alcohol motifs (C(OH)–C–C–N with tert-alkyl or cyclic N) is 1. The molecule has 2 heterocycles. The number of benzene rings is 1. The second-order valence-electron chi connectivity index (χ2n) is 5.18. The van der Waals surface area contributed by atoms with Crippen molar-refractivity contribution in [3.8, 4) is 11.5 Å². The van der Waals surface area contributed by atoms with Gasteiger partial charge in [0.1, 0.15) is 12.7 Å². The van der Waals surface area contributed by atoms with Crippen molar-refractivity contribution < 1.29 is 14.6 Å². The van der Waals surface area contributed by atoms with Gasteiger partial charge >= 0.3 is 0 Å². The van der Waals surface area contributed by atoms with Gasteiger partial charge < -0.3 is 19.9 Å². The molecule has 0 spiro atoms. The average molecular weight is 343 g/mol. The molecule has 0 radical (unpaired) electrons. The second-order valence-corrected chi connectivity index (χ2v) is 6.09. The zero-order valence-electron chi connectivity index (χ0n) is 11.2. The van der Waals surface area contributed by atoms with E-state index in [2.05, 4.69) is 26.1 Å². The standard InChI is InChI=1S/C14H19BrN2O3/c15-10-1-2-12-13(7-10)19-9-14(20-12)11(18)8-17-5-3-16-4-6-17/h1-2,7,11,14,16,18H,3-6,8-9H2. The minimum absolute atomic E-state index is 0.307. The van der Waals surface area contributed by atoms with Crippen LogP contribution in [0.1, 0.15) is 0 Å². The van der Waals surface area contributed by atoms with Gasteiger partial charge in [0.05, 0.1) is 0 Å². The molecule has 0 amide bonds. The molecule has 20 heavy (non-hydrogen) atoms. The number of hydrogen-bond donors (Lipinski definition) is 2. The predicted octanol–water partition coefficient (Wildman–Crippen LogP) is 0.855. The van der Waals surface area contributed by atoms with Crippen LogP contribution in [0.25, 0.3) is 0 Å². The van der Waals surface area contributed by atoms with Gasteiger partial charge in [-0.05, 0) is 18.2 Å². The maximum Gasteiger partial charge on any atom is 0.162 e. The van der Waals surface area contributed by atoms with Crippen LogP contribution in [0.15, 0.2) is 22.7 Å². The fraction of sp³-hybridized carbons (Fsp3) is 0.571. The van der Waals surface area contributed by atoms with Gasteiger partial charge in [-0.25, -0.2) is 0 Å². The molecule has 0 bridgehead atoms. The van der Waals surface area contributed by atoms with E-state index in [1.165, 1.54) is 0 Å². The highest BCUT2D eigenvalue weighted by Crippen LogP contribution is 2.34. The van der Waals surface area contributed by atoms with Crippen molar-refractivity contribution in [2.45, 2.75) is 12.2 Å². The first-order valence-electron chi connectivity index (χ1n) is 6.92. The number of aliphatic hydroxyl groups excluding tert-OH is 1. The summed E-state index contributed by atoms with van der Waals surface area (Å²) < 4.78 is 12.5. The second kappa shape index (κ2) is 6.30. The third kappa shape index (κ3) is 3.25. The number of rotatable bonds is 3. The highest BCUT2D eigenvalue weighted by atomic mass is 79.9. The van der Waals surface area contributed by atoms with Crippen LogP contribution in [0.2, 0.25) is 0 Å². The summed E-state index contributed by atoms with van der Waals surface area (Å²) in [5.41, 5.74) is 0. The summed E-state index contributed by atoms with van der Waals surface area (Å²) in [4.78, 5) is 2.25. The summed E-state index contributed by atoms with van der Waals surface area (Å²) in [6.07, 6.45) is -0.844. The summed E-state index contributed by atoms with van der Waals surface area (Å²) in [6.45, 7) is 4.90. The Kier molecular flexibility index (Phi) is 4.45. The van der Waals surface area contributed by atoms with Gasteiger partial charge in [0.15, 0.2) is 17.6 Å². The molecular formula is C14H19BrN2O3. The van der Waals surface area contributed by atoms with Gasteiger partial charge in [-0.1, -0.05) is 15.9 Å². The van der Waals surface area contributed by atoms with Gasteiger partial charge in [-0.15, -0.1) is 0 Å². The lowest BCUT2D eigenvalue weighted by atomic mass is 10.1. The van der Waals surface area contributed by atoms with Crippen molar-refractivity contribution in [1.29, 1.82) is 0 Å². The lowest BCUT2D eigenvalue weighted by molar-refractivity contribution is -0.0266. The zero-order chi connectivity index (χ0) is 13.9. The van der Waals surface area contributed by atoms with Crippen LogP contribution in [-0.2, 0) is 0 Å². The molecule has 2 aliphatic heterocycles. The molecule has 6 heteroatoms. The molecule has 2 atom stereocenters. The molecule has 0 aliphatic carbocycles. The number of fused-ring (bicyclic) bond motifs is 1. The molecule has 0 saturated carbocycles. The number of hydrogen-bond acceptors (Lipinski definition) is 5. The number of piperazine rings is 1. The van der Waals surface area contributed by atoms with Crippen molar-refractivity contribution >= 4 is 15.9 Å². The Balaban J connectivity index is 1.59. The predicted molar refractivity (Wildman–Crippen MR) is 79.4 cm³/mol. The van der Waals surface area contributed by atoms with Crippen LogP contribution in [0.5, 0.6) is 11.5 Å². The van der Waals surface area contributed by atoms with E-state index in [0.29, 0.717) is 18.9 Å². The topological polar surface area (TPSA) is 54.0 Å². The summed E-state index contributed by atoms with van der Waals surface area (Å²) >= 11 is 3.40. The quantitative estimate of drug-likeness (QED) is 0.853. The summed E-state index contributed by atoms with van der Waals surface area (Å²) in [7, 11) is 0. The minimum atomic E-state index is -0.537. The first-order valence-corrected chi connectivity index (χ1v) is 7.72. The Labute approximate surface area is 127 Å². The SMILES string of the molecule is OC(CN1CCNCC1)C1COc2cc(Br)ccc2O1. The van der Waals surface area contributed by atoms with Gasteiger partial charge in [-0.2, -0.15) is 0 Å². The van der Waals surface area contributed by atoms with Gasteiger partial charge in [-0.3, -0.25) is 4.90 Å². The van der Waals surface area contributed by atoms with E-state index in [4.69, 9.17) is 9.47 Å². The van der Waals surface area contributed by atoms with Crippen LogP contribution in [0.4, 0.5) is 0 Å². The largest absolute Gasteiger partial charge is 0.486 e. The molecular weight excluding hydrogens is 324 g/mol. The lowest BCUT2D eigenvalue weighted by Crippen LogP contribution is -2.51. The van der Waals surface area contributed by atoms with E-state index in [9.17, 15) is 5.11 Å². The molecule has 110 valence electrons. The van der Waals surface area contributed by atoms with E-state index >= 15 is 0 Å². The molecule has 0 aromatic heterocycles. The number of aliphatic hydroxyl groups is 1. The Morgan fingerprint density at radius 3 is 2.95 bits per heavy atom. The monoisotopic (exact) mass is 342 g/mol. The first-order chi connectivity index (χ1) is 9.72. The molecule has 2 aliphatic rings. The van der Waals surface area contributed by atoms with Gasteiger partial charge in [0, 0.05) is 37.2 Å². The molecule has 5 nitrogen and oxygen atoms in total. The van der Waals surface area contributed by atoms with E-state index in [1.54, 1.807) is 0 Å². The Morgan fingerprint density at radius 1 is 1.35 bits per heavy atom. The van der Waals surface area contributed by atoms with Crippen LogP contribution in [0.3, 0.4) is 0 Å². The zero-order valence-corrected chi connectivity index (χ0v) is 12.8. The smallest absolute Gasteiger partial charge is 0.162 e. The summed E-state index contributed by atoms with van der Waals surface area (Å²) in [6, 6.07) is 5.66. The molecule has 1 aromatic carbocycles. The van der Waals surface area contributed by atoms with E-state index in [-0.39, 0.29) is 6.10 Å². The maximum absolute atomic E-state index is 10.3. The van der Waals surface area contributed by atoms with Crippen molar-refractivity contribution in [3.63, 3.8) is 0 Å². The molecule has 3 rings (SSSR count). The van der Waals surface area contributed by atoms with Crippen molar-refractivity contribution in [2.24, 2.45) is 0 Å². The van der Waals surface area contributed by atoms with Crippen LogP contribution < -0.4 is 14.8 Å². The van der Waals surface area contributed by atoms with Crippen molar-refractivity contribution in [1.82, 2.24) is 10.2 Å². The third-order valence-electron chi connectivity index (χ3n) is 3.67. The van der Waals surface area contributed by atoms with E-state index < -0.39 is 6.10 Å². The molecule has 2 unspecified atom stereocenters. The average Bonchev–Trinajstić information content (AvgIpc) is 2.47. The number of halogens is 1. The fourth-order valence-electron chi connectivity index (χ4n) is 2.53. The Hall–Kier alpha value is -0.820. The van der Waals surface area contributed by atoms with E-state index in [1.807, 2.05) is 18.2 Å². The first kappa shape index (κ1) is 14.1. The third-order valence-corrected chi connectivity index (χ3v) is 4.16. The molecule has 2 N–H and O–H groups in total. The highest BCUT2D eigenvalue weighted by molar-refractivity contribution is 9.10. The maximum atomic E-state index is 10.3. The molecule has 1 fully saturated rings. The van der Waals surface area contributed by atoms with Crippen LogP contribution in [-0.4, -0.2) is 61.5 Å². The normalized spacial score (nSPS) is 24.4. The number of nitrogens with one attached hydrogen (secondary N) is 1. The van der Waals surface area contributed by atoms with Crippen molar-refractivity contribution in [2.75, 3.05) is 39.3 Å². The van der Waals surface area contributed by atoms with E-state index in [0.717, 1.165) is 36.4 Å². The fourth-order valence-corrected chi connectivity index (χ4v) is 2.87. The number of nitrogens with zero attached hydrogens (tertiary/aromatic N) is 1. The highest BCUT2D eigenvalue weighted by Gasteiger charge is 2.29. The summed E-state index contributed by atoms with van der Waals surface area (Å²) in [5, 5.41) is 13.6. The molecule has 1 saturated heterocycles.